The molecule has 8 heteroatoms. The minimum atomic E-state index is -2.44. The second-order valence-corrected chi connectivity index (χ2v) is 4.33. The number of nitrogens with zero attached hydrogens (tertiary/aromatic N) is 2. The summed E-state index contributed by atoms with van der Waals surface area (Å²) >= 11 is 3.35. The lowest BCUT2D eigenvalue weighted by Crippen LogP contribution is -2.31. The Morgan fingerprint density at radius 3 is 2.82 bits per heavy atom. The van der Waals surface area contributed by atoms with Crippen molar-refractivity contribution >= 4 is 15.9 Å². The highest BCUT2D eigenvalue weighted by Gasteiger charge is 2.17. The molecule has 0 bridgehead atoms. The average Bonchev–Trinajstić information content (AvgIpc) is 2.60. The maximum absolute atomic E-state index is 11.9. The van der Waals surface area contributed by atoms with E-state index < -0.39 is 13.0 Å². The number of halogens is 3. The van der Waals surface area contributed by atoms with Crippen molar-refractivity contribution in [2.24, 2.45) is 12.9 Å². The Kier molecular flexibility index (Phi) is 5.96. The van der Waals surface area contributed by atoms with E-state index in [-0.39, 0.29) is 12.6 Å². The fourth-order valence-electron chi connectivity index (χ4n) is 1.48. The maximum Gasteiger partial charge on any atom is 0.261 e. The molecule has 1 atom stereocenters. The summed E-state index contributed by atoms with van der Waals surface area (Å²) in [6, 6.07) is -0.199. The number of nitrogens with two attached hydrogens (primary N) is 1. The largest absolute Gasteiger partial charge is 0.375 e. The molecule has 17 heavy (non-hydrogen) atoms. The summed E-state index contributed by atoms with van der Waals surface area (Å²) in [5.74, 6) is 5.43. The van der Waals surface area contributed by atoms with Gasteiger partial charge in [0.2, 0.25) is 0 Å². The molecular formula is C9H15BrF2N4O. The summed E-state index contributed by atoms with van der Waals surface area (Å²) in [5, 5.41) is 4.05. The number of aryl methyl sites for hydroxylation is 1. The number of hydrazine groups is 1. The van der Waals surface area contributed by atoms with Crippen LogP contribution in [-0.4, -0.2) is 29.4 Å². The van der Waals surface area contributed by atoms with Crippen LogP contribution in [0.25, 0.3) is 0 Å². The van der Waals surface area contributed by atoms with Crippen LogP contribution in [0.2, 0.25) is 0 Å². The highest BCUT2D eigenvalue weighted by atomic mass is 79.9. The zero-order valence-corrected chi connectivity index (χ0v) is 11.0. The van der Waals surface area contributed by atoms with Crippen LogP contribution in [0.5, 0.6) is 0 Å². The minimum absolute atomic E-state index is 0.199. The van der Waals surface area contributed by atoms with E-state index in [0.717, 1.165) is 10.2 Å². The van der Waals surface area contributed by atoms with Crippen molar-refractivity contribution in [3.05, 3.63) is 16.4 Å². The van der Waals surface area contributed by atoms with Crippen molar-refractivity contribution in [1.82, 2.24) is 15.2 Å². The highest BCUT2D eigenvalue weighted by Crippen LogP contribution is 2.24. The van der Waals surface area contributed by atoms with Gasteiger partial charge in [0, 0.05) is 13.7 Å². The first-order chi connectivity index (χ1) is 8.06. The van der Waals surface area contributed by atoms with Gasteiger partial charge in [-0.15, -0.1) is 0 Å². The van der Waals surface area contributed by atoms with Gasteiger partial charge in [0.15, 0.2) is 0 Å². The lowest BCUT2D eigenvalue weighted by Gasteiger charge is -2.17. The van der Waals surface area contributed by atoms with Gasteiger partial charge in [-0.2, -0.15) is 5.10 Å². The van der Waals surface area contributed by atoms with E-state index in [1.165, 1.54) is 0 Å². The van der Waals surface area contributed by atoms with Crippen LogP contribution in [0.1, 0.15) is 18.2 Å². The molecule has 98 valence electrons. The van der Waals surface area contributed by atoms with E-state index in [1.807, 2.05) is 0 Å². The lowest BCUT2D eigenvalue weighted by molar-refractivity contribution is 0.0141. The number of rotatable bonds is 7. The molecule has 1 heterocycles. The second kappa shape index (κ2) is 7.00. The lowest BCUT2D eigenvalue weighted by atomic mass is 10.1. The van der Waals surface area contributed by atoms with E-state index in [4.69, 9.17) is 10.6 Å². The van der Waals surface area contributed by atoms with Crippen LogP contribution in [0.4, 0.5) is 8.78 Å². The number of nitrogens with one attached hydrogen (secondary N) is 1. The fourth-order valence-corrected chi connectivity index (χ4v) is 2.11. The first-order valence-electron chi connectivity index (χ1n) is 5.05. The first-order valence-corrected chi connectivity index (χ1v) is 5.85. The third-order valence-corrected chi connectivity index (χ3v) is 2.87. The van der Waals surface area contributed by atoms with Crippen LogP contribution in [-0.2, 0) is 11.8 Å². The zero-order chi connectivity index (χ0) is 12.8. The van der Waals surface area contributed by atoms with Crippen LogP contribution < -0.4 is 11.3 Å². The van der Waals surface area contributed by atoms with E-state index >= 15 is 0 Å². The predicted octanol–water partition coefficient (Wildman–Crippen LogP) is 1.36. The fraction of sp³-hybridized carbons (Fsp3) is 0.667. The van der Waals surface area contributed by atoms with Crippen molar-refractivity contribution < 1.29 is 13.5 Å². The average molecular weight is 313 g/mol. The van der Waals surface area contributed by atoms with Gasteiger partial charge in [-0.05, 0) is 22.4 Å². The minimum Gasteiger partial charge on any atom is -0.375 e. The van der Waals surface area contributed by atoms with E-state index in [2.05, 4.69) is 26.5 Å². The van der Waals surface area contributed by atoms with Gasteiger partial charge in [-0.1, -0.05) is 0 Å². The Morgan fingerprint density at radius 1 is 1.65 bits per heavy atom. The summed E-state index contributed by atoms with van der Waals surface area (Å²) in [7, 11) is 1.78. The smallest absolute Gasteiger partial charge is 0.261 e. The molecule has 0 aliphatic rings. The van der Waals surface area contributed by atoms with Crippen LogP contribution in [0.3, 0.4) is 0 Å². The van der Waals surface area contributed by atoms with Gasteiger partial charge in [-0.3, -0.25) is 16.0 Å². The monoisotopic (exact) mass is 312 g/mol. The predicted molar refractivity (Wildman–Crippen MR) is 62.4 cm³/mol. The normalized spacial score (nSPS) is 13.3. The van der Waals surface area contributed by atoms with Gasteiger partial charge in [0.25, 0.3) is 6.43 Å². The van der Waals surface area contributed by atoms with Gasteiger partial charge in [0.05, 0.1) is 22.4 Å². The Labute approximate surface area is 106 Å². The Bertz CT molecular complexity index is 328. The van der Waals surface area contributed by atoms with Gasteiger partial charge < -0.3 is 4.74 Å². The summed E-state index contributed by atoms with van der Waals surface area (Å²) in [4.78, 5) is 0. The summed E-state index contributed by atoms with van der Waals surface area (Å²) in [6.45, 7) is -0.347. The molecule has 1 aromatic heterocycles. The molecule has 0 saturated carbocycles. The van der Waals surface area contributed by atoms with Gasteiger partial charge >= 0.3 is 0 Å². The SMILES string of the molecule is Cn1ncc(Br)c1C(CCOCC(F)F)NN. The Balaban J connectivity index is 2.49. The molecule has 5 nitrogen and oxygen atoms in total. The van der Waals surface area contributed by atoms with Crippen molar-refractivity contribution in [3.8, 4) is 0 Å². The zero-order valence-electron chi connectivity index (χ0n) is 9.37. The molecule has 1 rings (SSSR count). The molecule has 1 unspecified atom stereocenters. The molecule has 3 N–H and O–H groups in total. The quantitative estimate of drug-likeness (QED) is 0.453. The number of hydrogen-bond acceptors (Lipinski definition) is 4. The molecule has 0 amide bonds. The Morgan fingerprint density at radius 2 is 2.35 bits per heavy atom. The third kappa shape index (κ3) is 4.30. The third-order valence-electron chi connectivity index (χ3n) is 2.26. The Hall–Kier alpha value is -0.570. The second-order valence-electron chi connectivity index (χ2n) is 3.48. The number of aromatic nitrogens is 2. The molecule has 0 fully saturated rings. The van der Waals surface area contributed by atoms with Gasteiger partial charge in [-0.25, -0.2) is 8.78 Å². The number of ether oxygens (including phenoxy) is 1. The standard InChI is InChI=1S/C9H15BrF2N4O/c1-16-9(6(10)4-14-16)7(15-13)2-3-17-5-8(11)12/h4,7-8,15H,2-3,5,13H2,1H3. The highest BCUT2D eigenvalue weighted by molar-refractivity contribution is 9.10. The number of alkyl halides is 2. The topological polar surface area (TPSA) is 65.1 Å². The molecule has 0 spiro atoms. The van der Waals surface area contributed by atoms with E-state index in [1.54, 1.807) is 17.9 Å². The number of hydrogen-bond donors (Lipinski definition) is 2. The molecule has 0 radical (unpaired) electrons. The van der Waals surface area contributed by atoms with Crippen LogP contribution in [0, 0.1) is 0 Å². The van der Waals surface area contributed by atoms with Crippen LogP contribution >= 0.6 is 15.9 Å². The summed E-state index contributed by atoms with van der Waals surface area (Å²) < 4.78 is 31.0. The van der Waals surface area contributed by atoms with E-state index in [0.29, 0.717) is 6.42 Å². The molecule has 0 aromatic carbocycles. The molecule has 0 aliphatic heterocycles. The molecular weight excluding hydrogens is 298 g/mol. The molecule has 1 aromatic rings. The van der Waals surface area contributed by atoms with Crippen molar-refractivity contribution in [2.45, 2.75) is 18.9 Å². The molecule has 0 aliphatic carbocycles. The van der Waals surface area contributed by atoms with E-state index in [9.17, 15) is 8.78 Å². The van der Waals surface area contributed by atoms with Crippen molar-refractivity contribution in [2.75, 3.05) is 13.2 Å². The summed E-state index contributed by atoms with van der Waals surface area (Å²) in [6.07, 6.45) is -0.302. The first kappa shape index (κ1) is 14.5. The summed E-state index contributed by atoms with van der Waals surface area (Å²) in [5.41, 5.74) is 3.47. The van der Waals surface area contributed by atoms with Crippen LogP contribution in [0.15, 0.2) is 10.7 Å². The van der Waals surface area contributed by atoms with Gasteiger partial charge in [0.1, 0.15) is 6.61 Å². The van der Waals surface area contributed by atoms with Crippen molar-refractivity contribution in [1.29, 1.82) is 0 Å². The van der Waals surface area contributed by atoms with Crippen molar-refractivity contribution in [3.63, 3.8) is 0 Å². The molecule has 0 saturated heterocycles. The maximum atomic E-state index is 11.9.